The maximum Gasteiger partial charge on any atom is 0.0870 e. The minimum atomic E-state index is 0.257. The third-order valence-electron chi connectivity index (χ3n) is 6.19. The van der Waals surface area contributed by atoms with Crippen molar-refractivity contribution in [3.05, 3.63) is 71.4 Å². The van der Waals surface area contributed by atoms with E-state index < -0.39 is 0 Å². The Kier molecular flexibility index (Phi) is 8.05. The molecule has 0 aliphatic carbocycles. The quantitative estimate of drug-likeness (QED) is 0.424. The maximum absolute atomic E-state index is 6.53. The molecule has 1 aliphatic rings. The molecule has 2 N–H and O–H groups in total. The number of benzene rings is 2. The monoisotopic (exact) mass is 445 g/mol. The molecule has 1 saturated heterocycles. The van der Waals surface area contributed by atoms with Crippen LogP contribution in [0.15, 0.2) is 65.3 Å². The van der Waals surface area contributed by atoms with Crippen LogP contribution in [0.5, 0.6) is 0 Å². The molecule has 1 heterocycles. The topological polar surface area (TPSA) is 41.6 Å². The molecule has 3 nitrogen and oxygen atoms in total. The largest absolute Gasteiger partial charge is 0.402 e. The minimum absolute atomic E-state index is 0.257. The number of hydrogen-bond acceptors (Lipinski definition) is 3. The van der Waals surface area contributed by atoms with E-state index in [9.17, 15) is 0 Å². The van der Waals surface area contributed by atoms with Gasteiger partial charge in [-0.05, 0) is 72.8 Å². The first kappa shape index (κ1) is 25.1. The summed E-state index contributed by atoms with van der Waals surface area (Å²) in [5.41, 5.74) is 13.7. The van der Waals surface area contributed by atoms with Crippen LogP contribution in [0, 0.1) is 10.8 Å². The van der Waals surface area contributed by atoms with Gasteiger partial charge in [0, 0.05) is 24.4 Å². The zero-order valence-corrected chi connectivity index (χ0v) is 21.6. The molecule has 0 atom stereocenters. The van der Waals surface area contributed by atoms with Gasteiger partial charge in [0.25, 0.3) is 0 Å². The summed E-state index contributed by atoms with van der Waals surface area (Å²) in [6.45, 7) is 15.9. The number of nitrogens with two attached hydrogens (primary N) is 1. The average molecular weight is 446 g/mol. The number of para-hydroxylation sites is 2. The normalized spacial score (nSPS) is 15.5. The number of hydrogen-bond donors (Lipinski definition) is 1. The van der Waals surface area contributed by atoms with Crippen molar-refractivity contribution in [2.45, 2.75) is 73.6 Å². The van der Waals surface area contributed by atoms with E-state index in [-0.39, 0.29) is 5.41 Å². The molecule has 0 unspecified atom stereocenters. The molecule has 3 heteroatoms. The fourth-order valence-electron chi connectivity index (χ4n) is 3.87. The highest BCUT2D eigenvalue weighted by Gasteiger charge is 2.18. The second-order valence-electron chi connectivity index (χ2n) is 11.9. The molecule has 2 aromatic rings. The fourth-order valence-corrected chi connectivity index (χ4v) is 3.87. The van der Waals surface area contributed by atoms with Crippen molar-refractivity contribution in [3.8, 4) is 0 Å². The molecule has 0 saturated carbocycles. The molecule has 1 fully saturated rings. The van der Waals surface area contributed by atoms with E-state index in [1.807, 2.05) is 0 Å². The van der Waals surface area contributed by atoms with Crippen LogP contribution < -0.4 is 10.6 Å². The van der Waals surface area contributed by atoms with Crippen LogP contribution in [-0.4, -0.2) is 18.8 Å². The highest BCUT2D eigenvalue weighted by molar-refractivity contribution is 6.10. The third kappa shape index (κ3) is 8.07. The van der Waals surface area contributed by atoms with Crippen LogP contribution >= 0.6 is 0 Å². The Hall–Kier alpha value is -2.55. The predicted octanol–water partition coefficient (Wildman–Crippen LogP) is 7.67. The summed E-state index contributed by atoms with van der Waals surface area (Å²) in [6.07, 6.45) is 7.50. The van der Waals surface area contributed by atoms with Gasteiger partial charge in [0.15, 0.2) is 0 Å². The number of aliphatic imine (C=N–C) groups is 1. The van der Waals surface area contributed by atoms with Crippen LogP contribution in [0.1, 0.15) is 78.4 Å². The fraction of sp³-hybridized carbons (Fsp3) is 0.500. The first-order chi connectivity index (χ1) is 15.5. The zero-order valence-electron chi connectivity index (χ0n) is 21.6. The maximum atomic E-state index is 6.53. The van der Waals surface area contributed by atoms with Crippen molar-refractivity contribution in [1.82, 2.24) is 0 Å². The summed E-state index contributed by atoms with van der Waals surface area (Å²) < 4.78 is 0. The second-order valence-corrected chi connectivity index (χ2v) is 11.9. The van der Waals surface area contributed by atoms with E-state index in [0.717, 1.165) is 61.4 Å². The van der Waals surface area contributed by atoms with Crippen LogP contribution in [0.25, 0.3) is 0 Å². The smallest absolute Gasteiger partial charge is 0.0870 e. The molecular formula is C30H43N3. The van der Waals surface area contributed by atoms with Gasteiger partial charge in [0.1, 0.15) is 0 Å². The van der Waals surface area contributed by atoms with E-state index in [1.165, 1.54) is 17.7 Å². The van der Waals surface area contributed by atoms with Gasteiger partial charge in [-0.25, -0.2) is 4.99 Å². The van der Waals surface area contributed by atoms with E-state index in [2.05, 4.69) is 101 Å². The van der Waals surface area contributed by atoms with Crippen molar-refractivity contribution >= 4 is 17.1 Å². The first-order valence-corrected chi connectivity index (χ1v) is 12.5. The van der Waals surface area contributed by atoms with Gasteiger partial charge in [0.2, 0.25) is 0 Å². The molecule has 0 amide bonds. The molecular weight excluding hydrogens is 402 g/mol. The lowest BCUT2D eigenvalue weighted by Gasteiger charge is -2.34. The SMILES string of the molecule is CC(C)(C)CCC(N)=CC(=Nc1ccccc1N1CCC1)c1cccc(CCC(C)(C)C)c1. The first-order valence-electron chi connectivity index (χ1n) is 12.5. The van der Waals surface area contributed by atoms with Gasteiger partial charge in [-0.3, -0.25) is 0 Å². The van der Waals surface area contributed by atoms with Crippen LogP contribution in [0.3, 0.4) is 0 Å². The van der Waals surface area contributed by atoms with Gasteiger partial charge in [-0.15, -0.1) is 0 Å². The highest BCUT2D eigenvalue weighted by Crippen LogP contribution is 2.32. The van der Waals surface area contributed by atoms with Crippen molar-refractivity contribution < 1.29 is 0 Å². The van der Waals surface area contributed by atoms with Gasteiger partial charge < -0.3 is 10.6 Å². The lowest BCUT2D eigenvalue weighted by molar-refractivity contribution is 0.377. The standard InChI is InChI=1S/C30H43N3/c1-29(2,3)17-15-23-11-9-12-24(21-23)27(22-25(31)16-18-30(4,5)6)32-26-13-7-8-14-28(26)33-19-10-20-33/h7-9,11-14,21-22H,10,15-20,31H2,1-6H3. The Bertz CT molecular complexity index is 982. The average Bonchev–Trinajstić information content (AvgIpc) is 2.69. The molecule has 0 spiro atoms. The van der Waals surface area contributed by atoms with Crippen molar-refractivity contribution in [2.75, 3.05) is 18.0 Å². The zero-order chi connectivity index (χ0) is 24.1. The number of allylic oxidation sites excluding steroid dienone is 2. The summed E-state index contributed by atoms with van der Waals surface area (Å²) in [4.78, 5) is 7.59. The Morgan fingerprint density at radius 2 is 1.64 bits per heavy atom. The van der Waals surface area contributed by atoms with E-state index in [0.29, 0.717) is 5.41 Å². The number of nitrogens with zero attached hydrogens (tertiary/aromatic N) is 2. The van der Waals surface area contributed by atoms with Crippen LogP contribution in [0.4, 0.5) is 11.4 Å². The minimum Gasteiger partial charge on any atom is -0.402 e. The molecule has 33 heavy (non-hydrogen) atoms. The Morgan fingerprint density at radius 3 is 2.27 bits per heavy atom. The predicted molar refractivity (Wildman–Crippen MR) is 145 cm³/mol. The van der Waals surface area contributed by atoms with Crippen molar-refractivity contribution in [2.24, 2.45) is 21.6 Å². The lowest BCUT2D eigenvalue weighted by Crippen LogP contribution is -2.36. The van der Waals surface area contributed by atoms with Crippen LogP contribution in [0.2, 0.25) is 0 Å². The van der Waals surface area contributed by atoms with Crippen molar-refractivity contribution in [1.29, 1.82) is 0 Å². The Labute approximate surface area is 201 Å². The summed E-state index contributed by atoms with van der Waals surface area (Å²) in [6, 6.07) is 17.3. The molecule has 1 aliphatic heterocycles. The summed E-state index contributed by atoms with van der Waals surface area (Å²) in [7, 11) is 0. The van der Waals surface area contributed by atoms with E-state index in [4.69, 9.17) is 10.7 Å². The summed E-state index contributed by atoms with van der Waals surface area (Å²) >= 11 is 0. The van der Waals surface area contributed by atoms with Gasteiger partial charge in [-0.1, -0.05) is 71.9 Å². The van der Waals surface area contributed by atoms with E-state index in [1.54, 1.807) is 0 Å². The molecule has 0 bridgehead atoms. The third-order valence-corrected chi connectivity index (χ3v) is 6.19. The molecule has 3 rings (SSSR count). The highest BCUT2D eigenvalue weighted by atomic mass is 15.2. The van der Waals surface area contributed by atoms with Gasteiger partial charge >= 0.3 is 0 Å². The molecule has 0 aromatic heterocycles. The van der Waals surface area contributed by atoms with Gasteiger partial charge in [-0.2, -0.15) is 0 Å². The van der Waals surface area contributed by atoms with Crippen molar-refractivity contribution in [3.63, 3.8) is 0 Å². The number of anilines is 1. The molecule has 2 aromatic carbocycles. The summed E-state index contributed by atoms with van der Waals surface area (Å²) in [5.74, 6) is 0. The number of aryl methyl sites for hydroxylation is 1. The molecule has 178 valence electrons. The lowest BCUT2D eigenvalue weighted by atomic mass is 9.88. The summed E-state index contributed by atoms with van der Waals surface area (Å²) in [5, 5.41) is 0. The molecule has 0 radical (unpaired) electrons. The van der Waals surface area contributed by atoms with Gasteiger partial charge in [0.05, 0.1) is 17.1 Å². The number of rotatable bonds is 8. The Morgan fingerprint density at radius 1 is 0.939 bits per heavy atom. The van der Waals surface area contributed by atoms with Crippen LogP contribution in [-0.2, 0) is 6.42 Å². The van der Waals surface area contributed by atoms with E-state index >= 15 is 0 Å². The Balaban J connectivity index is 1.97. The second kappa shape index (κ2) is 10.6.